The van der Waals surface area contributed by atoms with E-state index in [1.165, 1.54) is 4.90 Å². The molecule has 2 amide bonds. The van der Waals surface area contributed by atoms with Crippen LogP contribution in [0.2, 0.25) is 0 Å². The lowest BCUT2D eigenvalue weighted by molar-refractivity contribution is 0.250. The third kappa shape index (κ3) is 1.39. The van der Waals surface area contributed by atoms with E-state index in [1.807, 2.05) is 6.92 Å². The first-order valence-corrected chi connectivity index (χ1v) is 5.37. The number of anilines is 1. The highest BCUT2D eigenvalue weighted by Gasteiger charge is 2.28. The van der Waals surface area contributed by atoms with Crippen LogP contribution in [0.25, 0.3) is 5.70 Å². The summed E-state index contributed by atoms with van der Waals surface area (Å²) in [5.74, 6) is 1.61. The molecular weight excluding hydrogens is 204 g/mol. The molecule has 1 aliphatic heterocycles. The van der Waals surface area contributed by atoms with Gasteiger partial charge in [0.15, 0.2) is 5.82 Å². The molecule has 0 atom stereocenters. The van der Waals surface area contributed by atoms with Crippen molar-refractivity contribution >= 4 is 17.5 Å². The molecule has 16 heavy (non-hydrogen) atoms. The molecule has 0 bridgehead atoms. The van der Waals surface area contributed by atoms with Crippen molar-refractivity contribution in [2.75, 3.05) is 11.9 Å². The molecule has 1 aromatic rings. The minimum Gasteiger partial charge on any atom is -0.325 e. The number of amides is 2. The van der Waals surface area contributed by atoms with Gasteiger partial charge < -0.3 is 9.88 Å². The first-order valence-electron chi connectivity index (χ1n) is 5.37. The highest BCUT2D eigenvalue weighted by molar-refractivity contribution is 6.02. The second kappa shape index (κ2) is 3.66. The maximum absolute atomic E-state index is 11.6. The fourth-order valence-electron chi connectivity index (χ4n) is 1.95. The zero-order valence-corrected chi connectivity index (χ0v) is 9.87. The second-order valence-electron chi connectivity index (χ2n) is 3.95. The minimum absolute atomic E-state index is 0.182. The molecule has 0 radical (unpaired) electrons. The zero-order valence-electron chi connectivity index (χ0n) is 9.87. The van der Waals surface area contributed by atoms with E-state index in [0.717, 1.165) is 24.5 Å². The Balaban J connectivity index is 2.57. The maximum atomic E-state index is 11.6. The number of hydrogen-bond donors (Lipinski definition) is 1. The quantitative estimate of drug-likeness (QED) is 0.825. The summed E-state index contributed by atoms with van der Waals surface area (Å²) in [6.45, 7) is 8.82. The van der Waals surface area contributed by atoms with Crippen LogP contribution in [-0.4, -0.2) is 22.6 Å². The number of aromatic nitrogens is 2. The third-order valence-corrected chi connectivity index (χ3v) is 2.75. The van der Waals surface area contributed by atoms with Crippen LogP contribution in [-0.2, 0) is 6.54 Å². The molecule has 2 rings (SSSR count). The van der Waals surface area contributed by atoms with Crippen LogP contribution in [0.3, 0.4) is 0 Å². The monoisotopic (exact) mass is 220 g/mol. The number of carbonyl (C=O) groups is 1. The van der Waals surface area contributed by atoms with Gasteiger partial charge in [0.1, 0.15) is 11.5 Å². The lowest BCUT2D eigenvalue weighted by Crippen LogP contribution is -2.41. The SMILES string of the molecule is C=C1NC(=O)N(C)c2nc(C)n(CCC)c21. The van der Waals surface area contributed by atoms with Gasteiger partial charge in [0, 0.05) is 13.6 Å². The van der Waals surface area contributed by atoms with Crippen molar-refractivity contribution < 1.29 is 4.79 Å². The van der Waals surface area contributed by atoms with Crippen LogP contribution in [0.5, 0.6) is 0 Å². The van der Waals surface area contributed by atoms with Crippen molar-refractivity contribution in [2.24, 2.45) is 0 Å². The van der Waals surface area contributed by atoms with Gasteiger partial charge in [-0.1, -0.05) is 13.5 Å². The topological polar surface area (TPSA) is 50.2 Å². The Morgan fingerprint density at radius 3 is 2.81 bits per heavy atom. The van der Waals surface area contributed by atoms with Crippen molar-refractivity contribution in [1.29, 1.82) is 0 Å². The molecular formula is C11H16N4O. The third-order valence-electron chi connectivity index (χ3n) is 2.75. The van der Waals surface area contributed by atoms with Crippen molar-refractivity contribution in [3.05, 3.63) is 18.1 Å². The molecule has 0 unspecified atom stereocenters. The second-order valence-corrected chi connectivity index (χ2v) is 3.95. The Morgan fingerprint density at radius 1 is 1.50 bits per heavy atom. The molecule has 5 nitrogen and oxygen atoms in total. The van der Waals surface area contributed by atoms with Crippen molar-refractivity contribution in [3.8, 4) is 0 Å². The first-order chi connectivity index (χ1) is 7.56. The number of fused-ring (bicyclic) bond motifs is 1. The van der Waals surface area contributed by atoms with Crippen molar-refractivity contribution in [2.45, 2.75) is 26.8 Å². The number of nitrogens with zero attached hydrogens (tertiary/aromatic N) is 3. The minimum atomic E-state index is -0.182. The molecule has 0 aliphatic carbocycles. The molecule has 0 spiro atoms. The molecule has 0 fully saturated rings. The molecule has 0 saturated carbocycles. The van der Waals surface area contributed by atoms with E-state index < -0.39 is 0 Å². The largest absolute Gasteiger partial charge is 0.327 e. The van der Waals surface area contributed by atoms with Crippen LogP contribution >= 0.6 is 0 Å². The van der Waals surface area contributed by atoms with Crippen LogP contribution in [0.4, 0.5) is 10.6 Å². The maximum Gasteiger partial charge on any atom is 0.327 e. The highest BCUT2D eigenvalue weighted by atomic mass is 16.2. The molecule has 1 N–H and O–H groups in total. The smallest absolute Gasteiger partial charge is 0.325 e. The highest BCUT2D eigenvalue weighted by Crippen LogP contribution is 2.29. The number of urea groups is 1. The average molecular weight is 220 g/mol. The van der Waals surface area contributed by atoms with Gasteiger partial charge in [0.05, 0.1) is 5.70 Å². The van der Waals surface area contributed by atoms with E-state index in [2.05, 4.69) is 28.4 Å². The Hall–Kier alpha value is -1.78. The van der Waals surface area contributed by atoms with Gasteiger partial charge in [0.2, 0.25) is 0 Å². The lowest BCUT2D eigenvalue weighted by Gasteiger charge is -2.25. The predicted octanol–water partition coefficient (Wildman–Crippen LogP) is 1.73. The van der Waals surface area contributed by atoms with Gasteiger partial charge in [-0.05, 0) is 13.3 Å². The molecule has 0 saturated heterocycles. The number of carbonyl (C=O) groups excluding carboxylic acids is 1. The lowest BCUT2D eigenvalue weighted by atomic mass is 10.2. The van der Waals surface area contributed by atoms with Crippen LogP contribution < -0.4 is 10.2 Å². The Morgan fingerprint density at radius 2 is 2.19 bits per heavy atom. The van der Waals surface area contributed by atoms with E-state index in [1.54, 1.807) is 7.05 Å². The Labute approximate surface area is 94.8 Å². The molecule has 1 aromatic heterocycles. The summed E-state index contributed by atoms with van der Waals surface area (Å²) in [6.07, 6.45) is 1.02. The van der Waals surface area contributed by atoms with Crippen LogP contribution in [0.1, 0.15) is 24.9 Å². The van der Waals surface area contributed by atoms with E-state index >= 15 is 0 Å². The fourth-order valence-corrected chi connectivity index (χ4v) is 1.95. The number of aryl methyl sites for hydroxylation is 1. The molecule has 2 heterocycles. The van der Waals surface area contributed by atoms with E-state index in [0.29, 0.717) is 11.5 Å². The summed E-state index contributed by atoms with van der Waals surface area (Å²) in [7, 11) is 1.71. The van der Waals surface area contributed by atoms with Gasteiger partial charge >= 0.3 is 6.03 Å². The fraction of sp³-hybridized carbons (Fsp3) is 0.455. The van der Waals surface area contributed by atoms with E-state index in [-0.39, 0.29) is 6.03 Å². The normalized spacial score (nSPS) is 15.1. The molecule has 1 aliphatic rings. The zero-order chi connectivity index (χ0) is 11.9. The van der Waals surface area contributed by atoms with Gasteiger partial charge in [-0.25, -0.2) is 9.78 Å². The summed E-state index contributed by atoms with van der Waals surface area (Å²) in [4.78, 5) is 17.5. The average Bonchev–Trinajstić information content (AvgIpc) is 2.54. The number of hydrogen-bond acceptors (Lipinski definition) is 2. The number of imidazole rings is 1. The van der Waals surface area contributed by atoms with Crippen LogP contribution in [0, 0.1) is 6.92 Å². The summed E-state index contributed by atoms with van der Waals surface area (Å²) in [5, 5.41) is 2.73. The van der Waals surface area contributed by atoms with Gasteiger partial charge in [0.25, 0.3) is 0 Å². The van der Waals surface area contributed by atoms with Gasteiger partial charge in [-0.2, -0.15) is 0 Å². The number of nitrogens with one attached hydrogen (secondary N) is 1. The van der Waals surface area contributed by atoms with Crippen molar-refractivity contribution in [3.63, 3.8) is 0 Å². The summed E-state index contributed by atoms with van der Waals surface area (Å²) in [5.41, 5.74) is 1.55. The van der Waals surface area contributed by atoms with E-state index in [9.17, 15) is 4.79 Å². The Kier molecular flexibility index (Phi) is 2.46. The van der Waals surface area contributed by atoms with Crippen molar-refractivity contribution in [1.82, 2.24) is 14.9 Å². The standard InChI is InChI=1S/C11H16N4O/c1-5-6-15-8(3)13-10-9(15)7(2)12-11(16)14(10)4/h2,5-6H2,1,3-4H3,(H,12,16). The van der Waals surface area contributed by atoms with Gasteiger partial charge in [-0.15, -0.1) is 0 Å². The Bertz CT molecular complexity index is 461. The molecule has 0 aromatic carbocycles. The predicted molar refractivity (Wildman–Crippen MR) is 63.2 cm³/mol. The summed E-state index contributed by atoms with van der Waals surface area (Å²) in [6, 6.07) is -0.182. The van der Waals surface area contributed by atoms with Crippen LogP contribution in [0.15, 0.2) is 6.58 Å². The first kappa shape index (κ1) is 10.7. The molecule has 5 heteroatoms. The summed E-state index contributed by atoms with van der Waals surface area (Å²) < 4.78 is 2.09. The van der Waals surface area contributed by atoms with Gasteiger partial charge in [-0.3, -0.25) is 4.90 Å². The number of rotatable bonds is 2. The van der Waals surface area contributed by atoms with E-state index in [4.69, 9.17) is 0 Å². The summed E-state index contributed by atoms with van der Waals surface area (Å²) >= 11 is 0. The molecule has 86 valence electrons.